The lowest BCUT2D eigenvalue weighted by Crippen LogP contribution is -2.39. The molecule has 0 atom stereocenters. The van der Waals surface area contributed by atoms with Crippen molar-refractivity contribution in [2.24, 2.45) is 0 Å². The zero-order chi connectivity index (χ0) is 19.5. The molecule has 2 aromatic carbocycles. The second-order valence-electron chi connectivity index (χ2n) is 5.83. The first-order valence-electron chi connectivity index (χ1n) is 8.36. The van der Waals surface area contributed by atoms with Gasteiger partial charge in [-0.1, -0.05) is 60.7 Å². The van der Waals surface area contributed by atoms with Crippen molar-refractivity contribution in [1.29, 1.82) is 0 Å². The van der Waals surface area contributed by atoms with E-state index in [0.29, 0.717) is 0 Å². The molecule has 0 saturated carbocycles. The number of carbonyl (C=O) groups is 3. The van der Waals surface area contributed by atoms with Crippen molar-refractivity contribution in [2.75, 3.05) is 19.6 Å². The lowest BCUT2D eigenvalue weighted by Gasteiger charge is -2.18. The number of carbonyl (C=O) groups excluding carboxylic acids is 2. The number of aliphatic carboxylic acids is 1. The first-order chi connectivity index (χ1) is 13.0. The van der Waals surface area contributed by atoms with E-state index in [4.69, 9.17) is 14.6 Å². The fourth-order valence-corrected chi connectivity index (χ4v) is 2.29. The van der Waals surface area contributed by atoms with Crippen molar-refractivity contribution in [3.05, 3.63) is 71.8 Å². The molecule has 2 rings (SSSR count). The maximum absolute atomic E-state index is 12.0. The van der Waals surface area contributed by atoms with Crippen LogP contribution in [0.4, 0.5) is 0 Å². The zero-order valence-electron chi connectivity index (χ0n) is 14.7. The average molecular weight is 371 g/mol. The van der Waals surface area contributed by atoms with E-state index >= 15 is 0 Å². The Morgan fingerprint density at radius 1 is 0.704 bits per heavy atom. The van der Waals surface area contributed by atoms with Crippen LogP contribution in [0.1, 0.15) is 11.1 Å². The number of hydrogen-bond donors (Lipinski definition) is 1. The average Bonchev–Trinajstić information content (AvgIpc) is 2.66. The quantitative estimate of drug-likeness (QED) is 0.637. The summed E-state index contributed by atoms with van der Waals surface area (Å²) in [6, 6.07) is 18.2. The Bertz CT molecular complexity index is 690. The third-order valence-corrected chi connectivity index (χ3v) is 3.55. The van der Waals surface area contributed by atoms with Gasteiger partial charge in [-0.05, 0) is 11.1 Å². The summed E-state index contributed by atoms with van der Waals surface area (Å²) in [6.45, 7) is -0.946. The SMILES string of the molecule is O=C(O)CN(CC(=O)OCc1ccccc1)CC(=O)OCc1ccccc1. The Morgan fingerprint density at radius 2 is 1.11 bits per heavy atom. The minimum absolute atomic E-state index is 0.0824. The Labute approximate surface area is 157 Å². The Hall–Kier alpha value is -3.19. The third kappa shape index (κ3) is 8.15. The topological polar surface area (TPSA) is 93.1 Å². The molecule has 0 heterocycles. The number of ether oxygens (including phenoxy) is 2. The Kier molecular flexibility index (Phi) is 7.99. The second kappa shape index (κ2) is 10.7. The van der Waals surface area contributed by atoms with Gasteiger partial charge in [0.1, 0.15) is 13.2 Å². The van der Waals surface area contributed by atoms with Crippen LogP contribution in [-0.4, -0.2) is 47.5 Å². The van der Waals surface area contributed by atoms with Crippen LogP contribution in [0.2, 0.25) is 0 Å². The van der Waals surface area contributed by atoms with Crippen molar-refractivity contribution in [1.82, 2.24) is 4.90 Å². The van der Waals surface area contributed by atoms with Crippen LogP contribution in [-0.2, 0) is 37.1 Å². The van der Waals surface area contributed by atoms with Crippen LogP contribution in [0.5, 0.6) is 0 Å². The molecule has 0 aliphatic rings. The maximum atomic E-state index is 12.0. The monoisotopic (exact) mass is 371 g/mol. The highest BCUT2D eigenvalue weighted by atomic mass is 16.5. The molecule has 0 saturated heterocycles. The number of carboxylic acid groups (broad SMARTS) is 1. The van der Waals surface area contributed by atoms with E-state index in [2.05, 4.69) is 0 Å². The highest BCUT2D eigenvalue weighted by Gasteiger charge is 2.19. The normalized spacial score (nSPS) is 10.4. The van der Waals surface area contributed by atoms with Gasteiger partial charge in [-0.15, -0.1) is 0 Å². The molecule has 0 aromatic heterocycles. The molecule has 0 amide bonds. The minimum atomic E-state index is -1.15. The molecule has 0 radical (unpaired) electrons. The summed E-state index contributed by atoms with van der Waals surface area (Å²) >= 11 is 0. The number of hydrogen-bond acceptors (Lipinski definition) is 6. The molecule has 0 spiro atoms. The Morgan fingerprint density at radius 3 is 1.48 bits per heavy atom. The second-order valence-corrected chi connectivity index (χ2v) is 5.83. The van der Waals surface area contributed by atoms with E-state index in [0.717, 1.165) is 11.1 Å². The van der Waals surface area contributed by atoms with Gasteiger partial charge >= 0.3 is 17.9 Å². The van der Waals surface area contributed by atoms with Gasteiger partial charge in [-0.2, -0.15) is 0 Å². The highest BCUT2D eigenvalue weighted by molar-refractivity contribution is 5.77. The number of nitrogens with zero attached hydrogens (tertiary/aromatic N) is 1. The van der Waals surface area contributed by atoms with Gasteiger partial charge in [0.05, 0.1) is 19.6 Å². The third-order valence-electron chi connectivity index (χ3n) is 3.55. The predicted octanol–water partition coefficient (Wildman–Crippen LogP) is 1.86. The summed E-state index contributed by atoms with van der Waals surface area (Å²) in [6.07, 6.45) is 0. The van der Waals surface area contributed by atoms with E-state index in [-0.39, 0.29) is 26.3 Å². The molecule has 0 fully saturated rings. The molecular weight excluding hydrogens is 350 g/mol. The molecule has 0 unspecified atom stereocenters. The smallest absolute Gasteiger partial charge is 0.320 e. The van der Waals surface area contributed by atoms with Crippen LogP contribution >= 0.6 is 0 Å². The molecule has 7 heteroatoms. The summed E-state index contributed by atoms with van der Waals surface area (Å²) in [5, 5.41) is 8.98. The van der Waals surface area contributed by atoms with Crippen molar-refractivity contribution in [2.45, 2.75) is 13.2 Å². The van der Waals surface area contributed by atoms with E-state index in [1.165, 1.54) is 4.90 Å². The van der Waals surface area contributed by atoms with Crippen molar-refractivity contribution in [3.8, 4) is 0 Å². The molecule has 0 aliphatic heterocycles. The van der Waals surface area contributed by atoms with E-state index in [9.17, 15) is 14.4 Å². The molecule has 7 nitrogen and oxygen atoms in total. The molecule has 1 N–H and O–H groups in total. The van der Waals surface area contributed by atoms with Crippen LogP contribution in [0.15, 0.2) is 60.7 Å². The molecule has 142 valence electrons. The number of carboxylic acids is 1. The number of esters is 2. The lowest BCUT2D eigenvalue weighted by molar-refractivity contribution is -0.151. The van der Waals surface area contributed by atoms with E-state index in [1.807, 2.05) is 60.7 Å². The van der Waals surface area contributed by atoms with Crippen molar-refractivity contribution < 1.29 is 29.0 Å². The van der Waals surface area contributed by atoms with Gasteiger partial charge in [-0.25, -0.2) is 0 Å². The van der Waals surface area contributed by atoms with E-state index in [1.54, 1.807) is 0 Å². The van der Waals surface area contributed by atoms with Gasteiger partial charge in [0.15, 0.2) is 0 Å². The van der Waals surface area contributed by atoms with Gasteiger partial charge in [0.2, 0.25) is 0 Å². The summed E-state index contributed by atoms with van der Waals surface area (Å²) < 4.78 is 10.3. The first kappa shape index (κ1) is 20.1. The molecule has 0 aliphatic carbocycles. The summed E-state index contributed by atoms with van der Waals surface area (Å²) in [7, 11) is 0. The van der Waals surface area contributed by atoms with Crippen molar-refractivity contribution >= 4 is 17.9 Å². The van der Waals surface area contributed by atoms with Gasteiger partial charge in [0, 0.05) is 0 Å². The van der Waals surface area contributed by atoms with Crippen molar-refractivity contribution in [3.63, 3.8) is 0 Å². The largest absolute Gasteiger partial charge is 0.480 e. The Balaban J connectivity index is 1.81. The number of benzene rings is 2. The highest BCUT2D eigenvalue weighted by Crippen LogP contribution is 2.03. The van der Waals surface area contributed by atoms with Crippen LogP contribution in [0.25, 0.3) is 0 Å². The summed E-state index contributed by atoms with van der Waals surface area (Å²) in [4.78, 5) is 36.1. The predicted molar refractivity (Wildman–Crippen MR) is 96.6 cm³/mol. The summed E-state index contributed by atoms with van der Waals surface area (Å²) in [5.41, 5.74) is 1.64. The molecular formula is C20H21NO6. The van der Waals surface area contributed by atoms with Gasteiger partial charge in [-0.3, -0.25) is 19.3 Å². The zero-order valence-corrected chi connectivity index (χ0v) is 14.7. The van der Waals surface area contributed by atoms with Gasteiger partial charge < -0.3 is 14.6 Å². The fourth-order valence-electron chi connectivity index (χ4n) is 2.29. The molecule has 27 heavy (non-hydrogen) atoms. The van der Waals surface area contributed by atoms with Crippen LogP contribution in [0, 0.1) is 0 Å². The molecule has 0 bridgehead atoms. The van der Waals surface area contributed by atoms with Crippen LogP contribution in [0.3, 0.4) is 0 Å². The van der Waals surface area contributed by atoms with Gasteiger partial charge in [0.25, 0.3) is 0 Å². The first-order valence-corrected chi connectivity index (χ1v) is 8.36. The van der Waals surface area contributed by atoms with E-state index < -0.39 is 24.5 Å². The summed E-state index contributed by atoms with van der Waals surface area (Å²) in [5.74, 6) is -2.38. The van der Waals surface area contributed by atoms with Crippen LogP contribution < -0.4 is 0 Å². The fraction of sp³-hybridized carbons (Fsp3) is 0.250. The number of rotatable bonds is 10. The standard InChI is InChI=1S/C20H21NO6/c22-18(23)11-21(12-19(24)26-14-16-7-3-1-4-8-16)13-20(25)27-15-17-9-5-2-6-10-17/h1-10H,11-15H2,(H,22,23). The molecule has 2 aromatic rings. The lowest BCUT2D eigenvalue weighted by atomic mass is 10.2. The minimum Gasteiger partial charge on any atom is -0.480 e. The maximum Gasteiger partial charge on any atom is 0.320 e.